The molecule has 0 radical (unpaired) electrons. The minimum atomic E-state index is -3.30. The first-order valence-corrected chi connectivity index (χ1v) is 8.82. The summed E-state index contributed by atoms with van der Waals surface area (Å²) in [4.78, 5) is 12.1. The molecule has 0 aromatic heterocycles. The fraction of sp³-hybridized carbons (Fsp3) is 0.235. The highest BCUT2D eigenvalue weighted by atomic mass is 32.2. The molecule has 1 aromatic rings. The van der Waals surface area contributed by atoms with Gasteiger partial charge in [-0.05, 0) is 29.7 Å². The van der Waals surface area contributed by atoms with Gasteiger partial charge in [0.1, 0.15) is 12.6 Å². The summed E-state index contributed by atoms with van der Waals surface area (Å²) in [5.74, 6) is -0.563. The van der Waals surface area contributed by atoms with E-state index in [4.69, 9.17) is 10.5 Å². The largest absolute Gasteiger partial charge is 0.460 e. The van der Waals surface area contributed by atoms with Crippen molar-refractivity contribution in [2.45, 2.75) is 17.4 Å². The molecule has 5 nitrogen and oxygen atoms in total. The Balaban J connectivity index is 2.70. The molecule has 0 bridgehead atoms. The summed E-state index contributed by atoms with van der Waals surface area (Å²) in [6.45, 7) is 7.22. The average Bonchev–Trinajstić information content (AvgIpc) is 2.50. The first kappa shape index (κ1) is 18.9. The van der Waals surface area contributed by atoms with Crippen LogP contribution in [-0.4, -0.2) is 33.3 Å². The molecule has 1 atom stereocenters. The quantitative estimate of drug-likeness (QED) is 0.578. The lowest BCUT2D eigenvalue weighted by Crippen LogP contribution is -2.34. The van der Waals surface area contributed by atoms with Gasteiger partial charge in [-0.25, -0.2) is 8.42 Å². The van der Waals surface area contributed by atoms with Gasteiger partial charge in [0.2, 0.25) is 0 Å². The van der Waals surface area contributed by atoms with Gasteiger partial charge in [0.05, 0.1) is 4.90 Å². The van der Waals surface area contributed by atoms with E-state index < -0.39 is 21.8 Å². The first-order valence-electron chi connectivity index (χ1n) is 6.93. The second-order valence-electron chi connectivity index (χ2n) is 5.02. The molecule has 0 aliphatic carbocycles. The molecule has 0 aliphatic rings. The van der Waals surface area contributed by atoms with Crippen molar-refractivity contribution in [2.24, 2.45) is 5.73 Å². The second-order valence-corrected chi connectivity index (χ2v) is 7.04. The lowest BCUT2D eigenvalue weighted by Gasteiger charge is -2.12. The molecule has 0 saturated carbocycles. The molecule has 0 fully saturated rings. The van der Waals surface area contributed by atoms with Crippen molar-refractivity contribution in [3.05, 3.63) is 66.8 Å². The van der Waals surface area contributed by atoms with E-state index >= 15 is 0 Å². The molecule has 6 heteroatoms. The SMILES string of the molecule is C=C/C=C(\C=C)COC(=O)[C@@H](N)Cc1cccc(S(C)(=O)=O)c1. The minimum Gasteiger partial charge on any atom is -0.460 e. The molecule has 1 rings (SSSR count). The van der Waals surface area contributed by atoms with Gasteiger partial charge in [-0.15, -0.1) is 0 Å². The van der Waals surface area contributed by atoms with Crippen LogP contribution in [0, 0.1) is 0 Å². The maximum atomic E-state index is 11.9. The predicted molar refractivity (Wildman–Crippen MR) is 90.7 cm³/mol. The fourth-order valence-electron chi connectivity index (χ4n) is 1.83. The summed E-state index contributed by atoms with van der Waals surface area (Å²) in [6.07, 6.45) is 6.14. The number of sulfone groups is 1. The predicted octanol–water partition coefficient (Wildman–Crippen LogP) is 1.80. The second kappa shape index (κ2) is 8.45. The monoisotopic (exact) mass is 335 g/mol. The Labute approximate surface area is 137 Å². The van der Waals surface area contributed by atoms with Crippen LogP contribution in [0.15, 0.2) is 66.1 Å². The smallest absolute Gasteiger partial charge is 0.323 e. The average molecular weight is 335 g/mol. The number of ether oxygens (including phenoxy) is 1. The van der Waals surface area contributed by atoms with Crippen LogP contribution in [0.4, 0.5) is 0 Å². The van der Waals surface area contributed by atoms with Crippen LogP contribution in [-0.2, 0) is 25.8 Å². The van der Waals surface area contributed by atoms with Crippen molar-refractivity contribution >= 4 is 15.8 Å². The van der Waals surface area contributed by atoms with Crippen LogP contribution in [0.1, 0.15) is 5.56 Å². The van der Waals surface area contributed by atoms with E-state index in [0.29, 0.717) is 11.1 Å². The van der Waals surface area contributed by atoms with Crippen molar-refractivity contribution < 1.29 is 17.9 Å². The Morgan fingerprint density at radius 1 is 1.39 bits per heavy atom. The number of carbonyl (C=O) groups excluding carboxylic acids is 1. The Kier molecular flexibility index (Phi) is 6.93. The highest BCUT2D eigenvalue weighted by molar-refractivity contribution is 7.90. The third kappa shape index (κ3) is 6.22. The third-order valence-corrected chi connectivity index (χ3v) is 4.17. The molecule has 124 valence electrons. The van der Waals surface area contributed by atoms with Gasteiger partial charge in [0.25, 0.3) is 0 Å². The van der Waals surface area contributed by atoms with Crippen molar-refractivity contribution in [3.63, 3.8) is 0 Å². The van der Waals surface area contributed by atoms with Crippen LogP contribution in [0.2, 0.25) is 0 Å². The lowest BCUT2D eigenvalue weighted by molar-refractivity contribution is -0.144. The van der Waals surface area contributed by atoms with Gasteiger partial charge in [0.15, 0.2) is 9.84 Å². The van der Waals surface area contributed by atoms with Crippen LogP contribution < -0.4 is 5.73 Å². The number of esters is 1. The zero-order chi connectivity index (χ0) is 17.5. The highest BCUT2D eigenvalue weighted by Crippen LogP contribution is 2.13. The van der Waals surface area contributed by atoms with Crippen molar-refractivity contribution in [2.75, 3.05) is 12.9 Å². The Hall–Kier alpha value is -2.18. The van der Waals surface area contributed by atoms with Crippen LogP contribution >= 0.6 is 0 Å². The van der Waals surface area contributed by atoms with Crippen LogP contribution in [0.25, 0.3) is 0 Å². The number of rotatable bonds is 8. The number of nitrogens with two attached hydrogens (primary N) is 1. The standard InChI is InChI=1S/C17H21NO4S/c1-4-7-13(5-2)12-22-17(19)16(18)11-14-8-6-9-15(10-14)23(3,20)21/h4-10,16H,1-2,11-12,18H2,3H3/b13-7+/t16-/m0/s1. The molecule has 0 amide bonds. The first-order chi connectivity index (χ1) is 10.8. The summed E-state index contributed by atoms with van der Waals surface area (Å²) >= 11 is 0. The zero-order valence-corrected chi connectivity index (χ0v) is 13.9. The van der Waals surface area contributed by atoms with Crippen LogP contribution in [0.3, 0.4) is 0 Å². The molecular formula is C17H21NO4S. The fourth-order valence-corrected chi connectivity index (χ4v) is 2.52. The summed E-state index contributed by atoms with van der Waals surface area (Å²) in [5, 5.41) is 0. The topological polar surface area (TPSA) is 86.5 Å². The van der Waals surface area contributed by atoms with Gasteiger partial charge in [-0.2, -0.15) is 0 Å². The molecule has 0 saturated heterocycles. The Morgan fingerprint density at radius 2 is 2.09 bits per heavy atom. The van der Waals surface area contributed by atoms with Crippen molar-refractivity contribution in [1.29, 1.82) is 0 Å². The maximum Gasteiger partial charge on any atom is 0.323 e. The number of allylic oxidation sites excluding steroid dienone is 2. The molecule has 0 unspecified atom stereocenters. The number of hydrogen-bond acceptors (Lipinski definition) is 5. The highest BCUT2D eigenvalue weighted by Gasteiger charge is 2.17. The minimum absolute atomic E-state index is 0.0609. The van der Waals surface area contributed by atoms with Gasteiger partial charge in [0, 0.05) is 6.26 Å². The third-order valence-electron chi connectivity index (χ3n) is 3.06. The zero-order valence-electron chi connectivity index (χ0n) is 13.1. The molecule has 0 spiro atoms. The summed E-state index contributed by atoms with van der Waals surface area (Å²) in [5.41, 5.74) is 7.18. The van der Waals surface area contributed by atoms with E-state index in [1.165, 1.54) is 12.1 Å². The lowest BCUT2D eigenvalue weighted by atomic mass is 10.1. The van der Waals surface area contributed by atoms with Crippen molar-refractivity contribution in [3.8, 4) is 0 Å². The van der Waals surface area contributed by atoms with E-state index in [1.54, 1.807) is 30.4 Å². The van der Waals surface area contributed by atoms with Crippen molar-refractivity contribution in [1.82, 2.24) is 0 Å². The molecule has 0 aliphatic heterocycles. The Morgan fingerprint density at radius 3 is 2.65 bits per heavy atom. The molecular weight excluding hydrogens is 314 g/mol. The number of benzene rings is 1. The molecule has 2 N–H and O–H groups in total. The van der Waals surface area contributed by atoms with E-state index in [1.807, 2.05) is 0 Å². The van der Waals surface area contributed by atoms with Gasteiger partial charge < -0.3 is 10.5 Å². The van der Waals surface area contributed by atoms with E-state index in [0.717, 1.165) is 6.26 Å². The molecule has 0 heterocycles. The number of carbonyl (C=O) groups is 1. The summed E-state index contributed by atoms with van der Waals surface area (Å²) < 4.78 is 28.2. The number of hydrogen-bond donors (Lipinski definition) is 1. The summed E-state index contributed by atoms with van der Waals surface area (Å²) in [6, 6.07) is 5.47. The molecule has 23 heavy (non-hydrogen) atoms. The Bertz CT molecular complexity index is 720. The van der Waals surface area contributed by atoms with E-state index in [-0.39, 0.29) is 17.9 Å². The maximum absolute atomic E-state index is 11.9. The van der Waals surface area contributed by atoms with Crippen LogP contribution in [0.5, 0.6) is 0 Å². The molecule has 1 aromatic carbocycles. The summed E-state index contributed by atoms with van der Waals surface area (Å²) in [7, 11) is -3.30. The van der Waals surface area contributed by atoms with E-state index in [2.05, 4.69) is 13.2 Å². The normalized spacial score (nSPS) is 13.2. The van der Waals surface area contributed by atoms with Gasteiger partial charge >= 0.3 is 5.97 Å². The van der Waals surface area contributed by atoms with Gasteiger partial charge in [-0.3, -0.25) is 4.79 Å². The van der Waals surface area contributed by atoms with Gasteiger partial charge in [-0.1, -0.05) is 43.5 Å². The van der Waals surface area contributed by atoms with E-state index in [9.17, 15) is 13.2 Å².